The van der Waals surface area contributed by atoms with Gasteiger partial charge in [-0.15, -0.1) is 0 Å². The fourth-order valence-electron chi connectivity index (χ4n) is 10.9. The predicted molar refractivity (Wildman–Crippen MR) is 252 cm³/mol. The number of esters is 5. The van der Waals surface area contributed by atoms with Crippen molar-refractivity contribution in [2.24, 2.45) is 22.7 Å². The van der Waals surface area contributed by atoms with Crippen molar-refractivity contribution >= 4 is 47.3 Å². The molecule has 4 aliphatic rings. The fourth-order valence-corrected chi connectivity index (χ4v) is 10.9. The molecule has 1 amide bonds. The highest BCUT2D eigenvalue weighted by atomic mass is 16.6. The summed E-state index contributed by atoms with van der Waals surface area (Å²) in [6.45, 7) is 9.84. The van der Waals surface area contributed by atoms with Crippen LogP contribution >= 0.6 is 0 Å². The molecule has 7 rings (SSSR count). The van der Waals surface area contributed by atoms with Crippen LogP contribution in [0.5, 0.6) is 0 Å². The Morgan fingerprint density at radius 2 is 1.40 bits per heavy atom. The van der Waals surface area contributed by atoms with Crippen LogP contribution in [0.15, 0.2) is 102 Å². The van der Waals surface area contributed by atoms with Crippen molar-refractivity contribution in [3.05, 3.63) is 119 Å². The third-order valence-corrected chi connectivity index (χ3v) is 14.8. The Kier molecular flexibility index (Phi) is 15.4. The summed E-state index contributed by atoms with van der Waals surface area (Å²) >= 11 is 0. The number of benzene rings is 3. The number of hydrogen-bond acceptors (Lipinski definition) is 17. The summed E-state index contributed by atoms with van der Waals surface area (Å²) in [7, 11) is 0. The molecule has 1 aliphatic heterocycles. The van der Waals surface area contributed by atoms with Gasteiger partial charge >= 0.3 is 29.8 Å². The number of Topliss-reactive ketones (excluding diaryl/α,β-unsaturated/α-hetero) is 2. The normalized spacial score (nSPS) is 29.0. The van der Waals surface area contributed by atoms with Crippen molar-refractivity contribution in [2.45, 2.75) is 122 Å². The van der Waals surface area contributed by atoms with Crippen molar-refractivity contribution < 1.29 is 81.7 Å². The van der Waals surface area contributed by atoms with E-state index in [1.54, 1.807) is 80.6 Å². The summed E-state index contributed by atoms with van der Waals surface area (Å²) in [6, 6.07) is 22.4. The highest BCUT2D eigenvalue weighted by Gasteiger charge is 2.78. The van der Waals surface area contributed by atoms with Crippen LogP contribution in [0.2, 0.25) is 0 Å². The van der Waals surface area contributed by atoms with Gasteiger partial charge in [-0.25, -0.2) is 14.4 Å². The molecule has 3 aliphatic carbocycles. The zero-order valence-electron chi connectivity index (χ0n) is 41.4. The van der Waals surface area contributed by atoms with E-state index < -0.39 is 138 Å². The highest BCUT2D eigenvalue weighted by molar-refractivity contribution is 5.96. The number of ether oxygens (including phenoxy) is 7. The number of carbonyl (C=O) groups is 8. The lowest BCUT2D eigenvalue weighted by molar-refractivity contribution is -0.346. The first kappa shape index (κ1) is 53.2. The topological polar surface area (TPSA) is 254 Å². The maximum Gasteiger partial charge on any atom is 0.350 e. The van der Waals surface area contributed by atoms with Crippen molar-refractivity contribution in [1.29, 1.82) is 0 Å². The molecule has 384 valence electrons. The zero-order chi connectivity index (χ0) is 52.5. The molecule has 0 unspecified atom stereocenters. The third kappa shape index (κ3) is 9.84. The van der Waals surface area contributed by atoms with Gasteiger partial charge in [-0.05, 0) is 54.8 Å². The minimum absolute atomic E-state index is 0.0311. The molecular weight excluding hydrogens is 935 g/mol. The van der Waals surface area contributed by atoms with Gasteiger partial charge < -0.3 is 48.7 Å². The van der Waals surface area contributed by atoms with Crippen LogP contribution in [0.4, 0.5) is 0 Å². The van der Waals surface area contributed by atoms with Gasteiger partial charge in [-0.3, -0.25) is 24.0 Å². The molecule has 2 saturated carbocycles. The monoisotopic (exact) mass is 995 g/mol. The fraction of sp³-hybridized carbons (Fsp3) is 0.481. The molecule has 0 radical (unpaired) electrons. The Hall–Kier alpha value is -6.60. The Morgan fingerprint density at radius 1 is 0.806 bits per heavy atom. The summed E-state index contributed by atoms with van der Waals surface area (Å²) in [5.41, 5.74) is -7.65. The summed E-state index contributed by atoms with van der Waals surface area (Å²) in [6.07, 6.45) is -11.0. The maximum absolute atomic E-state index is 15.7. The molecule has 3 N–H and O–H groups in total. The minimum Gasteiger partial charge on any atom is -0.455 e. The molecule has 1 heterocycles. The summed E-state index contributed by atoms with van der Waals surface area (Å²) < 4.78 is 42.0. The first-order valence-corrected chi connectivity index (χ1v) is 23.8. The first-order valence-electron chi connectivity index (χ1n) is 23.8. The van der Waals surface area contributed by atoms with E-state index in [2.05, 4.69) is 5.32 Å². The van der Waals surface area contributed by atoms with Crippen LogP contribution < -0.4 is 5.32 Å². The molecule has 1 saturated heterocycles. The average molecular weight is 996 g/mol. The molecule has 18 nitrogen and oxygen atoms in total. The Bertz CT molecular complexity index is 2620. The second-order valence-electron chi connectivity index (χ2n) is 19.9. The largest absolute Gasteiger partial charge is 0.455 e. The molecule has 3 aromatic rings. The lowest BCUT2D eigenvalue weighted by Gasteiger charge is -2.67. The van der Waals surface area contributed by atoms with Gasteiger partial charge in [-0.1, -0.05) is 94.4 Å². The lowest BCUT2D eigenvalue weighted by Crippen LogP contribution is -2.82. The van der Waals surface area contributed by atoms with E-state index in [0.717, 1.165) is 13.8 Å². The summed E-state index contributed by atoms with van der Waals surface area (Å²) in [5.74, 6) is -9.04. The van der Waals surface area contributed by atoms with E-state index >= 15 is 9.59 Å². The van der Waals surface area contributed by atoms with Crippen molar-refractivity contribution in [3.8, 4) is 0 Å². The van der Waals surface area contributed by atoms with Crippen LogP contribution in [-0.4, -0.2) is 125 Å². The number of amides is 1. The van der Waals surface area contributed by atoms with Crippen LogP contribution in [0.1, 0.15) is 101 Å². The molecule has 3 fully saturated rings. The molecule has 2 bridgehead atoms. The van der Waals surface area contributed by atoms with E-state index in [1.165, 1.54) is 52.0 Å². The zero-order valence-corrected chi connectivity index (χ0v) is 41.4. The molecule has 3 aromatic carbocycles. The molecule has 18 heteroatoms. The van der Waals surface area contributed by atoms with Crippen molar-refractivity contribution in [3.63, 3.8) is 0 Å². The van der Waals surface area contributed by atoms with Crippen molar-refractivity contribution in [2.75, 3.05) is 19.8 Å². The van der Waals surface area contributed by atoms with E-state index in [-0.39, 0.29) is 46.6 Å². The maximum atomic E-state index is 15.7. The molecule has 72 heavy (non-hydrogen) atoms. The second kappa shape index (κ2) is 20.9. The van der Waals surface area contributed by atoms with Gasteiger partial charge in [0.05, 0.1) is 29.6 Å². The smallest absolute Gasteiger partial charge is 0.350 e. The first-order chi connectivity index (χ1) is 34.0. The van der Waals surface area contributed by atoms with Crippen LogP contribution in [0.3, 0.4) is 0 Å². The minimum atomic E-state index is -2.49. The van der Waals surface area contributed by atoms with E-state index in [4.69, 9.17) is 33.2 Å². The molecule has 0 aromatic heterocycles. The third-order valence-electron chi connectivity index (χ3n) is 14.8. The Labute approximate surface area is 416 Å². The predicted octanol–water partition coefficient (Wildman–Crippen LogP) is 4.53. The second-order valence-corrected chi connectivity index (χ2v) is 19.9. The van der Waals surface area contributed by atoms with E-state index in [1.807, 2.05) is 0 Å². The number of aliphatic hydroxyl groups is 2. The van der Waals surface area contributed by atoms with Crippen LogP contribution in [-0.2, 0) is 61.9 Å². The highest BCUT2D eigenvalue weighted by Crippen LogP contribution is 2.64. The Balaban J connectivity index is 1.40. The molecular formula is C54H61NO17. The van der Waals surface area contributed by atoms with Gasteiger partial charge in [-0.2, -0.15) is 0 Å². The SMILES string of the molecule is CC(=O)O[C@H]1C(=O)[C@@]2(C)[C@H]([C@H](OC(=O)c3ccccc3)[C@]3(O)C[C@H](OC(=O)[C@H](OC(=O)COCC(=O)C(C)C)[C@@H](NC(=O)c4ccccc4)c4ccccc4)C(C)=C1C3(C)C)[C@]1(OC(C)=O)CO[C@@H]1C[C@@H]2O. The van der Waals surface area contributed by atoms with Gasteiger partial charge in [0.1, 0.15) is 43.2 Å². The summed E-state index contributed by atoms with van der Waals surface area (Å²) in [4.78, 5) is 112. The number of nitrogens with one attached hydrogen (secondary N) is 1. The van der Waals surface area contributed by atoms with Crippen LogP contribution in [0.25, 0.3) is 0 Å². The number of carbonyl (C=O) groups excluding carboxylic acids is 8. The van der Waals surface area contributed by atoms with Gasteiger partial charge in [0.15, 0.2) is 23.3 Å². The Morgan fingerprint density at radius 3 is 1.96 bits per heavy atom. The number of ketones is 2. The number of fused-ring (bicyclic) bond motifs is 5. The standard InChI is InChI=1S/C54H61NO17/c1-29(2)36(58)26-66-27-40(60)70-44(42(33-18-12-9-13-19-33)55-48(62)34-20-14-10-15-21-34)50(64)69-37-25-54(65)47(71-49(63)35-22-16-11-17-23-35)45-52(8,38(59)24-39-53(45,28-67-39)72-32(5)57)46(61)43(68-31(4)56)41(30(37)3)51(54,6)7/h9-23,29,37-39,42-45,47,59,65H,24-28H2,1-8H3,(H,55,62)/t37-,38-,39+,42-,43+,44+,45-,47-,52+,53-,54+/m0/s1. The van der Waals surface area contributed by atoms with Gasteiger partial charge in [0.25, 0.3) is 5.91 Å². The van der Waals surface area contributed by atoms with Crippen molar-refractivity contribution in [1.82, 2.24) is 5.32 Å². The average Bonchev–Trinajstić information content (AvgIpc) is 3.33. The van der Waals surface area contributed by atoms with E-state index in [9.17, 15) is 39.0 Å². The number of rotatable bonds is 16. The van der Waals surface area contributed by atoms with Gasteiger partial charge in [0.2, 0.25) is 6.10 Å². The van der Waals surface area contributed by atoms with Gasteiger partial charge in [0, 0.05) is 43.6 Å². The van der Waals surface area contributed by atoms with Crippen LogP contribution in [0, 0.1) is 22.7 Å². The summed E-state index contributed by atoms with van der Waals surface area (Å²) in [5, 5.41) is 28.9. The molecule has 11 atom stereocenters. The number of aliphatic hydroxyl groups excluding tert-OH is 1. The van der Waals surface area contributed by atoms with E-state index in [0.29, 0.717) is 0 Å². The molecule has 0 spiro atoms. The lowest BCUT2D eigenvalue weighted by atomic mass is 9.44. The number of hydrogen-bond donors (Lipinski definition) is 3. The quantitative estimate of drug-likeness (QED) is 0.101.